The molecule has 4 fully saturated rings. The maximum atomic E-state index is 13.7. The molecule has 1 amide bonds. The van der Waals surface area contributed by atoms with Crippen molar-refractivity contribution in [2.24, 2.45) is 11.7 Å². The molecule has 49 heavy (non-hydrogen) atoms. The van der Waals surface area contributed by atoms with Crippen LogP contribution < -0.4 is 26.0 Å². The van der Waals surface area contributed by atoms with E-state index in [-0.39, 0.29) is 35.1 Å². The molecular weight excluding hydrogens is 641 g/mol. The number of amides is 1. The van der Waals surface area contributed by atoms with Crippen LogP contribution in [0.4, 0.5) is 36.2 Å². The lowest BCUT2D eigenvalue weighted by Gasteiger charge is -2.42. The second-order valence-corrected chi connectivity index (χ2v) is 13.5. The number of nitrogens with zero attached hydrogens (tertiary/aromatic N) is 6. The standard InChI is InChI=1S/C33H43F3N10O3/c1-44-13-15-45(16-14-44)23-7-11-46(12-8-23)25-5-4-21(19-27(25)49-33(34,35)36)39-32-29(30(37)47)41-28(24-6-10-38-43-24)31(42-32)40-22-9-17-48-26(18-22)20-2-3-20/h4-6,10,19-20,22-23,26H,2-3,7-9,11-18H2,1H3,(H2,37,47)(H,38,43)(H2,39,40,42). The zero-order valence-electron chi connectivity index (χ0n) is 27.5. The maximum Gasteiger partial charge on any atom is 0.573 e. The summed E-state index contributed by atoms with van der Waals surface area (Å²) in [6, 6.07) is 6.67. The SMILES string of the molecule is CN1CCN(C2CCN(c3ccc(Nc4nc(NC5CCOC(C6CC6)C5)c(-c5ccn[nH]5)nc4C(N)=O)cc3OC(F)(F)F)CC2)CC1. The average Bonchev–Trinajstić information content (AvgIpc) is 3.79. The van der Waals surface area contributed by atoms with Gasteiger partial charge in [0, 0.05) is 75.9 Å². The Bertz CT molecular complexity index is 1600. The van der Waals surface area contributed by atoms with Gasteiger partial charge in [0.05, 0.1) is 17.5 Å². The number of piperidine rings is 1. The number of nitrogens with one attached hydrogen (secondary N) is 3. The number of carbonyl (C=O) groups is 1. The zero-order chi connectivity index (χ0) is 34.1. The van der Waals surface area contributed by atoms with Crippen LogP contribution in [0.2, 0.25) is 0 Å². The lowest BCUT2D eigenvalue weighted by molar-refractivity contribution is -0.274. The van der Waals surface area contributed by atoms with Crippen molar-refractivity contribution in [1.82, 2.24) is 30.0 Å². The molecule has 3 aromatic rings. The van der Waals surface area contributed by atoms with Crippen molar-refractivity contribution >= 4 is 28.9 Å². The zero-order valence-corrected chi connectivity index (χ0v) is 27.5. The molecule has 0 radical (unpaired) electrons. The second-order valence-electron chi connectivity index (χ2n) is 13.5. The van der Waals surface area contributed by atoms with Crippen LogP contribution in [0, 0.1) is 5.92 Å². The molecule has 3 saturated heterocycles. The third kappa shape index (κ3) is 8.02. The van der Waals surface area contributed by atoms with E-state index >= 15 is 0 Å². The second kappa shape index (κ2) is 14.0. The minimum absolute atomic E-state index is 0.00256. The molecule has 4 aliphatic rings. The molecule has 264 valence electrons. The van der Waals surface area contributed by atoms with Crippen LogP contribution in [0.1, 0.15) is 49.0 Å². The quantitative estimate of drug-likeness (QED) is 0.244. The molecule has 16 heteroatoms. The highest BCUT2D eigenvalue weighted by atomic mass is 19.4. The van der Waals surface area contributed by atoms with Gasteiger partial charge < -0.3 is 35.6 Å². The van der Waals surface area contributed by atoms with E-state index in [2.05, 4.69) is 47.4 Å². The summed E-state index contributed by atoms with van der Waals surface area (Å²) in [5.74, 6) is -0.247. The number of aromatic amines is 1. The summed E-state index contributed by atoms with van der Waals surface area (Å²) < 4.78 is 51.7. The normalized spacial score (nSPS) is 23.0. The topological polar surface area (TPSA) is 150 Å². The molecule has 5 N–H and O–H groups in total. The molecule has 1 saturated carbocycles. The molecule has 1 aromatic carbocycles. The number of hydrogen-bond acceptors (Lipinski definition) is 11. The van der Waals surface area contributed by atoms with Crippen LogP contribution >= 0.6 is 0 Å². The van der Waals surface area contributed by atoms with Crippen LogP contribution in [0.5, 0.6) is 5.75 Å². The minimum Gasteiger partial charge on any atom is -0.403 e. The van der Waals surface area contributed by atoms with Gasteiger partial charge in [-0.2, -0.15) is 5.10 Å². The summed E-state index contributed by atoms with van der Waals surface area (Å²) in [4.78, 5) is 28.7. The summed E-state index contributed by atoms with van der Waals surface area (Å²) in [5.41, 5.74) is 7.04. The predicted molar refractivity (Wildman–Crippen MR) is 178 cm³/mol. The Kier molecular flexibility index (Phi) is 9.53. The van der Waals surface area contributed by atoms with Crippen molar-refractivity contribution in [1.29, 1.82) is 0 Å². The van der Waals surface area contributed by atoms with Gasteiger partial charge in [0.1, 0.15) is 5.69 Å². The van der Waals surface area contributed by atoms with Crippen LogP contribution in [-0.2, 0) is 4.74 Å². The molecule has 2 aromatic heterocycles. The lowest BCUT2D eigenvalue weighted by Crippen LogP contribution is -2.52. The van der Waals surface area contributed by atoms with E-state index in [1.165, 1.54) is 6.07 Å². The Balaban J connectivity index is 1.15. The van der Waals surface area contributed by atoms with Crippen molar-refractivity contribution in [3.05, 3.63) is 36.2 Å². The molecule has 2 unspecified atom stereocenters. The number of aromatic nitrogens is 4. The van der Waals surface area contributed by atoms with Crippen LogP contribution in [-0.4, -0.2) is 113 Å². The van der Waals surface area contributed by atoms with Crippen molar-refractivity contribution in [2.75, 3.05) is 68.5 Å². The van der Waals surface area contributed by atoms with Crippen LogP contribution in [0.3, 0.4) is 0 Å². The Morgan fingerprint density at radius 3 is 2.47 bits per heavy atom. The number of carbonyl (C=O) groups excluding carboxylic acids is 1. The number of hydrogen-bond donors (Lipinski definition) is 4. The molecule has 5 heterocycles. The number of rotatable bonds is 10. The number of ether oxygens (including phenoxy) is 2. The smallest absolute Gasteiger partial charge is 0.403 e. The Labute approximate surface area is 282 Å². The number of benzene rings is 1. The third-order valence-corrected chi connectivity index (χ3v) is 10.00. The number of H-pyrrole nitrogens is 1. The number of likely N-dealkylation sites (N-methyl/N-ethyl adjacent to an activating group) is 1. The van der Waals surface area contributed by atoms with Gasteiger partial charge in [-0.25, -0.2) is 9.97 Å². The fourth-order valence-corrected chi connectivity index (χ4v) is 7.17. The molecule has 13 nitrogen and oxygen atoms in total. The average molecular weight is 685 g/mol. The van der Waals surface area contributed by atoms with E-state index in [1.54, 1.807) is 24.4 Å². The summed E-state index contributed by atoms with van der Waals surface area (Å²) in [6.45, 7) is 5.84. The number of primary amides is 1. The molecule has 1 aliphatic carbocycles. The number of anilines is 4. The first-order valence-corrected chi connectivity index (χ1v) is 17.0. The van der Waals surface area contributed by atoms with E-state index < -0.39 is 12.3 Å². The summed E-state index contributed by atoms with van der Waals surface area (Å²) in [7, 11) is 2.12. The van der Waals surface area contributed by atoms with Crippen LogP contribution in [0.15, 0.2) is 30.5 Å². The fraction of sp³-hybridized carbons (Fsp3) is 0.576. The summed E-state index contributed by atoms with van der Waals surface area (Å²) in [5, 5.41) is 13.4. The van der Waals surface area contributed by atoms with Gasteiger partial charge in [0.15, 0.2) is 23.1 Å². The number of halogens is 3. The van der Waals surface area contributed by atoms with Gasteiger partial charge in [-0.15, -0.1) is 13.2 Å². The first kappa shape index (κ1) is 33.4. The Morgan fingerprint density at radius 2 is 1.80 bits per heavy atom. The van der Waals surface area contributed by atoms with E-state index in [4.69, 9.17) is 15.5 Å². The summed E-state index contributed by atoms with van der Waals surface area (Å²) >= 11 is 0. The monoisotopic (exact) mass is 684 g/mol. The van der Waals surface area contributed by atoms with Gasteiger partial charge in [-0.3, -0.25) is 14.8 Å². The highest BCUT2D eigenvalue weighted by Gasteiger charge is 2.37. The van der Waals surface area contributed by atoms with Gasteiger partial charge in [-0.1, -0.05) is 0 Å². The highest BCUT2D eigenvalue weighted by Crippen LogP contribution is 2.40. The largest absolute Gasteiger partial charge is 0.573 e. The molecule has 0 spiro atoms. The number of piperazine rings is 1. The van der Waals surface area contributed by atoms with E-state index in [9.17, 15) is 18.0 Å². The van der Waals surface area contributed by atoms with Gasteiger partial charge in [0.2, 0.25) is 0 Å². The minimum atomic E-state index is -4.91. The summed E-state index contributed by atoms with van der Waals surface area (Å²) in [6.07, 6.45) is 2.38. The molecule has 0 bridgehead atoms. The van der Waals surface area contributed by atoms with Crippen molar-refractivity contribution in [3.8, 4) is 17.1 Å². The first-order valence-electron chi connectivity index (χ1n) is 17.0. The van der Waals surface area contributed by atoms with Crippen molar-refractivity contribution < 1.29 is 27.4 Å². The predicted octanol–water partition coefficient (Wildman–Crippen LogP) is 4.19. The Hall–Kier alpha value is -4.15. The van der Waals surface area contributed by atoms with Gasteiger partial charge in [0.25, 0.3) is 5.91 Å². The molecule has 3 aliphatic heterocycles. The number of alkyl halides is 3. The molecular formula is C33H43F3N10O3. The lowest BCUT2D eigenvalue weighted by atomic mass is 10.00. The van der Waals surface area contributed by atoms with E-state index in [0.717, 1.165) is 64.7 Å². The van der Waals surface area contributed by atoms with E-state index in [0.29, 0.717) is 54.5 Å². The highest BCUT2D eigenvalue weighted by molar-refractivity contribution is 5.97. The van der Waals surface area contributed by atoms with E-state index in [1.807, 2.05) is 4.90 Å². The maximum absolute atomic E-state index is 13.7. The van der Waals surface area contributed by atoms with Gasteiger partial charge in [-0.05, 0) is 69.7 Å². The van der Waals surface area contributed by atoms with Crippen molar-refractivity contribution in [2.45, 2.75) is 63.1 Å². The van der Waals surface area contributed by atoms with Gasteiger partial charge >= 0.3 is 6.36 Å². The molecule has 2 atom stereocenters. The third-order valence-electron chi connectivity index (χ3n) is 10.00. The molecule has 7 rings (SSSR count). The Morgan fingerprint density at radius 1 is 1.02 bits per heavy atom. The fourth-order valence-electron chi connectivity index (χ4n) is 7.17. The number of nitrogens with two attached hydrogens (primary N) is 1. The van der Waals surface area contributed by atoms with Crippen LogP contribution in [0.25, 0.3) is 11.4 Å². The van der Waals surface area contributed by atoms with Crippen molar-refractivity contribution in [3.63, 3.8) is 0 Å². The first-order chi connectivity index (χ1) is 23.6.